The van der Waals surface area contributed by atoms with Crippen LogP contribution in [0.1, 0.15) is 24.6 Å². The average molecular weight is 404 g/mol. The van der Waals surface area contributed by atoms with Crippen LogP contribution in [-0.2, 0) is 9.59 Å². The predicted molar refractivity (Wildman–Crippen MR) is 92.0 cm³/mol. The molecular formula is C17H14BrN3O4. The summed E-state index contributed by atoms with van der Waals surface area (Å²) in [5.41, 5.74) is 0.720. The molecule has 1 unspecified atom stereocenters. The molecule has 1 fully saturated rings. The first-order valence-corrected chi connectivity index (χ1v) is 8.53. The maximum absolute atomic E-state index is 12.3. The number of imide groups is 1. The summed E-state index contributed by atoms with van der Waals surface area (Å²) in [5, 5.41) is 3.17. The zero-order chi connectivity index (χ0) is 17.4. The van der Waals surface area contributed by atoms with Crippen LogP contribution in [0.2, 0.25) is 0 Å². The number of fused-ring (bicyclic) bond motifs is 1. The number of hydrogen-bond acceptors (Lipinski definition) is 6. The van der Waals surface area contributed by atoms with E-state index >= 15 is 0 Å². The van der Waals surface area contributed by atoms with Crippen LogP contribution in [0.25, 0.3) is 0 Å². The van der Waals surface area contributed by atoms with Gasteiger partial charge in [0.05, 0.1) is 0 Å². The van der Waals surface area contributed by atoms with E-state index in [1.807, 2.05) is 12.1 Å². The zero-order valence-electron chi connectivity index (χ0n) is 13.1. The molecule has 0 bridgehead atoms. The minimum absolute atomic E-state index is 0.159. The lowest BCUT2D eigenvalue weighted by molar-refractivity contribution is -0.140. The fraction of sp³-hybridized carbons (Fsp3) is 0.235. The van der Waals surface area contributed by atoms with Crippen molar-refractivity contribution < 1.29 is 19.1 Å². The molecule has 2 aliphatic rings. The molecule has 128 valence electrons. The first kappa shape index (κ1) is 15.9. The van der Waals surface area contributed by atoms with Crippen LogP contribution in [-0.4, -0.2) is 28.5 Å². The van der Waals surface area contributed by atoms with Crippen molar-refractivity contribution in [3.63, 3.8) is 0 Å². The Bertz CT molecular complexity index is 824. The van der Waals surface area contributed by atoms with Crippen molar-refractivity contribution in [3.8, 4) is 11.5 Å². The van der Waals surface area contributed by atoms with Crippen LogP contribution in [0.4, 0.5) is 5.82 Å². The standard InChI is InChI=1S/C17H14BrN3O4/c18-11-2-4-14(19-8-11)20-17(21-15(22)5-6-16(21)23)10-1-3-12-13(7-10)25-9-24-12/h1-4,7-8,17H,5-6,9H2,(H,19,20). The van der Waals surface area contributed by atoms with Crippen LogP contribution in [0.5, 0.6) is 11.5 Å². The summed E-state index contributed by atoms with van der Waals surface area (Å²) in [6, 6.07) is 8.96. The number of ether oxygens (including phenoxy) is 2. The summed E-state index contributed by atoms with van der Waals surface area (Å²) in [5.74, 6) is 1.36. The van der Waals surface area contributed by atoms with Crippen molar-refractivity contribution >= 4 is 33.6 Å². The summed E-state index contributed by atoms with van der Waals surface area (Å²) in [7, 11) is 0. The van der Waals surface area contributed by atoms with E-state index in [2.05, 4.69) is 26.2 Å². The van der Waals surface area contributed by atoms with E-state index in [0.29, 0.717) is 17.3 Å². The second kappa shape index (κ2) is 6.36. The second-order valence-corrected chi connectivity index (χ2v) is 6.59. The Morgan fingerprint density at radius 3 is 2.56 bits per heavy atom. The van der Waals surface area contributed by atoms with Gasteiger partial charge in [-0.3, -0.25) is 14.5 Å². The van der Waals surface area contributed by atoms with E-state index in [9.17, 15) is 9.59 Å². The number of halogens is 1. The molecule has 1 aromatic heterocycles. The van der Waals surface area contributed by atoms with Gasteiger partial charge < -0.3 is 14.8 Å². The molecule has 3 heterocycles. The minimum atomic E-state index is -0.661. The van der Waals surface area contributed by atoms with Crippen LogP contribution < -0.4 is 14.8 Å². The molecule has 1 saturated heterocycles. The van der Waals surface area contributed by atoms with Gasteiger partial charge in [-0.05, 0) is 45.8 Å². The molecule has 1 atom stereocenters. The van der Waals surface area contributed by atoms with Crippen molar-refractivity contribution in [1.82, 2.24) is 9.88 Å². The van der Waals surface area contributed by atoms with Gasteiger partial charge in [0.25, 0.3) is 0 Å². The molecule has 1 aromatic carbocycles. The number of rotatable bonds is 4. The van der Waals surface area contributed by atoms with Gasteiger partial charge in [0, 0.05) is 23.5 Å². The third-order valence-corrected chi connectivity index (χ3v) is 4.54. The summed E-state index contributed by atoms with van der Waals surface area (Å²) >= 11 is 3.34. The summed E-state index contributed by atoms with van der Waals surface area (Å²) in [6.45, 7) is 0.159. The number of pyridine rings is 1. The van der Waals surface area contributed by atoms with Crippen LogP contribution in [0.15, 0.2) is 41.0 Å². The normalized spacial score (nSPS) is 17.1. The minimum Gasteiger partial charge on any atom is -0.454 e. The third-order valence-electron chi connectivity index (χ3n) is 4.07. The van der Waals surface area contributed by atoms with Crippen LogP contribution >= 0.6 is 15.9 Å². The van der Waals surface area contributed by atoms with E-state index in [1.165, 1.54) is 4.90 Å². The lowest BCUT2D eigenvalue weighted by Crippen LogP contribution is -2.38. The molecule has 1 N–H and O–H groups in total. The smallest absolute Gasteiger partial charge is 0.231 e. The van der Waals surface area contributed by atoms with Gasteiger partial charge in [0.15, 0.2) is 11.5 Å². The molecule has 2 aliphatic heterocycles. The number of likely N-dealkylation sites (tertiary alicyclic amines) is 1. The number of carbonyl (C=O) groups is 2. The highest BCUT2D eigenvalue weighted by molar-refractivity contribution is 9.10. The van der Waals surface area contributed by atoms with Crippen molar-refractivity contribution in [2.45, 2.75) is 19.0 Å². The van der Waals surface area contributed by atoms with E-state index in [-0.39, 0.29) is 31.4 Å². The molecule has 2 aromatic rings. The first-order chi connectivity index (χ1) is 12.1. The number of amides is 2. The lowest BCUT2D eigenvalue weighted by atomic mass is 10.1. The summed E-state index contributed by atoms with van der Waals surface area (Å²) in [4.78, 5) is 30.0. The Labute approximate surface area is 152 Å². The fourth-order valence-corrected chi connectivity index (χ4v) is 3.10. The average Bonchev–Trinajstić information content (AvgIpc) is 3.21. The topological polar surface area (TPSA) is 80.8 Å². The Kier molecular flexibility index (Phi) is 4.04. The summed E-state index contributed by atoms with van der Waals surface area (Å²) < 4.78 is 11.6. The van der Waals surface area contributed by atoms with Gasteiger partial charge in [0.2, 0.25) is 18.6 Å². The number of nitrogens with zero attached hydrogens (tertiary/aromatic N) is 2. The Balaban J connectivity index is 1.71. The monoisotopic (exact) mass is 403 g/mol. The molecule has 4 rings (SSSR count). The molecule has 25 heavy (non-hydrogen) atoms. The molecule has 0 radical (unpaired) electrons. The van der Waals surface area contributed by atoms with Gasteiger partial charge in [-0.2, -0.15) is 0 Å². The third kappa shape index (κ3) is 3.05. The number of anilines is 1. The van der Waals surface area contributed by atoms with E-state index < -0.39 is 6.17 Å². The number of hydrogen-bond donors (Lipinski definition) is 1. The van der Waals surface area contributed by atoms with Crippen molar-refractivity contribution in [3.05, 3.63) is 46.6 Å². The highest BCUT2D eigenvalue weighted by Gasteiger charge is 2.36. The van der Waals surface area contributed by atoms with Crippen LogP contribution in [0, 0.1) is 0 Å². The number of aromatic nitrogens is 1. The quantitative estimate of drug-likeness (QED) is 0.790. The highest BCUT2D eigenvalue weighted by Crippen LogP contribution is 2.37. The van der Waals surface area contributed by atoms with Gasteiger partial charge in [-0.25, -0.2) is 4.98 Å². The fourth-order valence-electron chi connectivity index (χ4n) is 2.86. The molecule has 7 nitrogen and oxygen atoms in total. The molecule has 0 saturated carbocycles. The highest BCUT2D eigenvalue weighted by atomic mass is 79.9. The molecule has 8 heteroatoms. The predicted octanol–water partition coefficient (Wildman–Crippen LogP) is 2.83. The Hall–Kier alpha value is -2.61. The first-order valence-electron chi connectivity index (χ1n) is 7.74. The number of benzene rings is 1. The molecular weight excluding hydrogens is 390 g/mol. The number of carbonyl (C=O) groups excluding carboxylic acids is 2. The van der Waals surface area contributed by atoms with E-state index in [1.54, 1.807) is 24.4 Å². The van der Waals surface area contributed by atoms with Crippen LogP contribution in [0.3, 0.4) is 0 Å². The van der Waals surface area contributed by atoms with E-state index in [4.69, 9.17) is 9.47 Å². The Morgan fingerprint density at radius 2 is 1.84 bits per heavy atom. The maximum Gasteiger partial charge on any atom is 0.231 e. The zero-order valence-corrected chi connectivity index (χ0v) is 14.7. The molecule has 0 aliphatic carbocycles. The number of nitrogens with one attached hydrogen (secondary N) is 1. The van der Waals surface area contributed by atoms with Gasteiger partial charge in [0.1, 0.15) is 12.0 Å². The van der Waals surface area contributed by atoms with Gasteiger partial charge in [-0.15, -0.1) is 0 Å². The van der Waals surface area contributed by atoms with Crippen molar-refractivity contribution in [1.29, 1.82) is 0 Å². The molecule has 2 amide bonds. The summed E-state index contributed by atoms with van der Waals surface area (Å²) in [6.07, 6.45) is 1.42. The van der Waals surface area contributed by atoms with Gasteiger partial charge >= 0.3 is 0 Å². The van der Waals surface area contributed by atoms with E-state index in [0.717, 1.165) is 10.0 Å². The molecule has 0 spiro atoms. The largest absolute Gasteiger partial charge is 0.454 e. The maximum atomic E-state index is 12.3. The Morgan fingerprint density at radius 1 is 1.08 bits per heavy atom. The SMILES string of the molecule is O=C1CCC(=O)N1C(Nc1ccc(Br)cn1)c1ccc2c(c1)OCO2. The van der Waals surface area contributed by atoms with Gasteiger partial charge in [-0.1, -0.05) is 6.07 Å². The lowest BCUT2D eigenvalue weighted by Gasteiger charge is -2.28. The van der Waals surface area contributed by atoms with Crippen molar-refractivity contribution in [2.75, 3.05) is 12.1 Å². The second-order valence-electron chi connectivity index (χ2n) is 5.68. The van der Waals surface area contributed by atoms with Crippen molar-refractivity contribution in [2.24, 2.45) is 0 Å².